The summed E-state index contributed by atoms with van der Waals surface area (Å²) >= 11 is 1.48. The normalized spacial score (nSPS) is 26.9. The Balaban J connectivity index is 1.92. The zero-order valence-electron chi connectivity index (χ0n) is 9.48. The fourth-order valence-corrected chi connectivity index (χ4v) is 2.83. The number of Topliss-reactive ketones (excluding diaryl/α,β-unsaturated/α-hetero) is 1. The van der Waals surface area contributed by atoms with Gasteiger partial charge in [0.15, 0.2) is 5.78 Å². The monoisotopic (exact) mass is 239 g/mol. The third-order valence-electron chi connectivity index (χ3n) is 2.92. The summed E-state index contributed by atoms with van der Waals surface area (Å²) in [7, 11) is 0. The first-order chi connectivity index (χ1) is 7.57. The molecule has 2 rings (SSSR count). The molecule has 1 aromatic heterocycles. The van der Waals surface area contributed by atoms with Gasteiger partial charge in [0.25, 0.3) is 0 Å². The van der Waals surface area contributed by atoms with Gasteiger partial charge in [-0.15, -0.1) is 11.3 Å². The van der Waals surface area contributed by atoms with Crippen LogP contribution >= 0.6 is 11.3 Å². The number of β-amino-alcohol motifs (C(OH)–C–C–N with tert-alkyl or cyclic N) is 1. The van der Waals surface area contributed by atoms with Gasteiger partial charge < -0.3 is 5.11 Å². The summed E-state index contributed by atoms with van der Waals surface area (Å²) in [5.74, 6) is 0.160. The van der Waals surface area contributed by atoms with E-state index in [1.165, 1.54) is 11.3 Å². The molecule has 1 aliphatic heterocycles. The van der Waals surface area contributed by atoms with Crippen molar-refractivity contribution in [1.29, 1.82) is 0 Å². The average molecular weight is 239 g/mol. The van der Waals surface area contributed by atoms with Crippen molar-refractivity contribution in [2.45, 2.75) is 25.4 Å². The van der Waals surface area contributed by atoms with Gasteiger partial charge in [-0.05, 0) is 37.8 Å². The zero-order valence-corrected chi connectivity index (χ0v) is 10.3. The fourth-order valence-electron chi connectivity index (χ4n) is 2.18. The van der Waals surface area contributed by atoms with Crippen LogP contribution in [0.5, 0.6) is 0 Å². The number of piperidine rings is 1. The standard InChI is InChI=1S/C12H17NO2S/c1-12(15)5-3-6-13(9-12)8-10(14)11-4-2-7-16-11/h2,4,7,15H,3,5-6,8-9H2,1H3. The molecule has 1 atom stereocenters. The molecule has 0 amide bonds. The molecule has 1 saturated heterocycles. The van der Waals surface area contributed by atoms with E-state index >= 15 is 0 Å². The Kier molecular flexibility index (Phi) is 3.42. The van der Waals surface area contributed by atoms with Gasteiger partial charge in [-0.25, -0.2) is 0 Å². The van der Waals surface area contributed by atoms with Gasteiger partial charge in [0.1, 0.15) is 0 Å². The summed E-state index contributed by atoms with van der Waals surface area (Å²) in [6, 6.07) is 3.75. The third-order valence-corrected chi connectivity index (χ3v) is 3.83. The predicted octanol–water partition coefficient (Wildman–Crippen LogP) is 1.78. The molecule has 2 heterocycles. The van der Waals surface area contributed by atoms with Crippen LogP contribution in [0, 0.1) is 0 Å². The second-order valence-corrected chi connectivity index (χ2v) is 5.66. The van der Waals surface area contributed by atoms with Gasteiger partial charge in [0.2, 0.25) is 0 Å². The van der Waals surface area contributed by atoms with E-state index in [1.807, 2.05) is 29.3 Å². The lowest BCUT2D eigenvalue weighted by Crippen LogP contribution is -2.47. The maximum Gasteiger partial charge on any atom is 0.186 e. The molecule has 0 aromatic carbocycles. The van der Waals surface area contributed by atoms with Crippen molar-refractivity contribution >= 4 is 17.1 Å². The van der Waals surface area contributed by atoms with E-state index in [0.717, 1.165) is 24.3 Å². The number of rotatable bonds is 3. The first kappa shape index (κ1) is 11.8. The average Bonchev–Trinajstić information content (AvgIpc) is 2.68. The van der Waals surface area contributed by atoms with Gasteiger partial charge >= 0.3 is 0 Å². The van der Waals surface area contributed by atoms with Crippen molar-refractivity contribution in [2.24, 2.45) is 0 Å². The molecule has 3 nitrogen and oxygen atoms in total. The van der Waals surface area contributed by atoms with E-state index in [0.29, 0.717) is 13.1 Å². The Morgan fingerprint density at radius 3 is 3.12 bits per heavy atom. The summed E-state index contributed by atoms with van der Waals surface area (Å²) in [6.45, 7) is 3.78. The van der Waals surface area contributed by atoms with Crippen molar-refractivity contribution in [3.8, 4) is 0 Å². The number of carbonyl (C=O) groups is 1. The molecule has 1 aliphatic rings. The Morgan fingerprint density at radius 2 is 2.50 bits per heavy atom. The zero-order chi connectivity index (χ0) is 11.6. The van der Waals surface area contributed by atoms with Crippen molar-refractivity contribution in [3.63, 3.8) is 0 Å². The van der Waals surface area contributed by atoms with Gasteiger partial charge in [-0.2, -0.15) is 0 Å². The Labute approximate surface area is 99.7 Å². The molecule has 88 valence electrons. The highest BCUT2D eigenvalue weighted by Crippen LogP contribution is 2.20. The summed E-state index contributed by atoms with van der Waals surface area (Å²) in [5, 5.41) is 11.9. The van der Waals surface area contributed by atoms with Gasteiger partial charge in [-0.3, -0.25) is 9.69 Å². The Hall–Kier alpha value is -0.710. The second kappa shape index (κ2) is 4.65. The fraction of sp³-hybridized carbons (Fsp3) is 0.583. The Morgan fingerprint density at radius 1 is 1.69 bits per heavy atom. The van der Waals surface area contributed by atoms with Crippen molar-refractivity contribution in [1.82, 2.24) is 4.90 Å². The van der Waals surface area contributed by atoms with Crippen molar-refractivity contribution in [2.75, 3.05) is 19.6 Å². The van der Waals surface area contributed by atoms with E-state index < -0.39 is 5.60 Å². The van der Waals surface area contributed by atoms with Gasteiger partial charge in [0.05, 0.1) is 17.0 Å². The van der Waals surface area contributed by atoms with Crippen LogP contribution in [0.1, 0.15) is 29.4 Å². The van der Waals surface area contributed by atoms with E-state index in [2.05, 4.69) is 0 Å². The van der Waals surface area contributed by atoms with Crippen LogP contribution in [0.3, 0.4) is 0 Å². The summed E-state index contributed by atoms with van der Waals surface area (Å²) in [5.41, 5.74) is -0.631. The minimum atomic E-state index is -0.631. The largest absolute Gasteiger partial charge is 0.389 e. The summed E-state index contributed by atoms with van der Waals surface area (Å²) < 4.78 is 0. The van der Waals surface area contributed by atoms with Gasteiger partial charge in [-0.1, -0.05) is 6.07 Å². The van der Waals surface area contributed by atoms with E-state index in [1.54, 1.807) is 0 Å². The highest BCUT2D eigenvalue weighted by atomic mass is 32.1. The number of aliphatic hydroxyl groups is 1. The number of carbonyl (C=O) groups excluding carboxylic acids is 1. The van der Waals surface area contributed by atoms with E-state index in [4.69, 9.17) is 0 Å². The maximum atomic E-state index is 11.9. The number of hydrogen-bond donors (Lipinski definition) is 1. The molecular weight excluding hydrogens is 222 g/mol. The minimum Gasteiger partial charge on any atom is -0.389 e. The lowest BCUT2D eigenvalue weighted by molar-refractivity contribution is -0.0132. The third kappa shape index (κ3) is 2.90. The summed E-state index contributed by atoms with van der Waals surface area (Å²) in [6.07, 6.45) is 1.79. The number of ketones is 1. The van der Waals surface area contributed by atoms with Crippen LogP contribution < -0.4 is 0 Å². The number of nitrogens with zero attached hydrogens (tertiary/aromatic N) is 1. The quantitative estimate of drug-likeness (QED) is 0.817. The van der Waals surface area contributed by atoms with Crippen LogP contribution in [0.25, 0.3) is 0 Å². The SMILES string of the molecule is CC1(O)CCCN(CC(=O)c2cccs2)C1. The van der Waals surface area contributed by atoms with Crippen LogP contribution in [0.15, 0.2) is 17.5 Å². The molecule has 0 bridgehead atoms. The molecule has 1 aromatic rings. The lowest BCUT2D eigenvalue weighted by atomic mass is 9.95. The molecule has 16 heavy (non-hydrogen) atoms. The molecule has 0 aliphatic carbocycles. The predicted molar refractivity (Wildman–Crippen MR) is 64.9 cm³/mol. The molecular formula is C12H17NO2S. The highest BCUT2D eigenvalue weighted by molar-refractivity contribution is 7.12. The number of hydrogen-bond acceptors (Lipinski definition) is 4. The van der Waals surface area contributed by atoms with E-state index in [9.17, 15) is 9.90 Å². The van der Waals surface area contributed by atoms with Crippen LogP contribution in [-0.2, 0) is 0 Å². The number of thiophene rings is 1. The molecule has 1 N–H and O–H groups in total. The lowest BCUT2D eigenvalue weighted by Gasteiger charge is -2.36. The second-order valence-electron chi connectivity index (χ2n) is 4.71. The highest BCUT2D eigenvalue weighted by Gasteiger charge is 2.29. The molecule has 0 saturated carbocycles. The van der Waals surface area contributed by atoms with Crippen molar-refractivity contribution < 1.29 is 9.90 Å². The molecule has 4 heteroatoms. The first-order valence-corrected chi connectivity index (χ1v) is 6.46. The van der Waals surface area contributed by atoms with Crippen LogP contribution in [-0.4, -0.2) is 41.0 Å². The minimum absolute atomic E-state index is 0.160. The smallest absolute Gasteiger partial charge is 0.186 e. The Bertz CT molecular complexity index is 359. The topological polar surface area (TPSA) is 40.5 Å². The maximum absolute atomic E-state index is 11.9. The number of likely N-dealkylation sites (tertiary alicyclic amines) is 1. The molecule has 1 fully saturated rings. The van der Waals surface area contributed by atoms with Crippen LogP contribution in [0.2, 0.25) is 0 Å². The molecule has 0 spiro atoms. The summed E-state index contributed by atoms with van der Waals surface area (Å²) in [4.78, 5) is 14.7. The molecule has 0 radical (unpaired) electrons. The van der Waals surface area contributed by atoms with E-state index in [-0.39, 0.29) is 5.78 Å². The van der Waals surface area contributed by atoms with Gasteiger partial charge in [0, 0.05) is 6.54 Å². The van der Waals surface area contributed by atoms with Crippen molar-refractivity contribution in [3.05, 3.63) is 22.4 Å². The first-order valence-electron chi connectivity index (χ1n) is 5.58. The molecule has 1 unspecified atom stereocenters. The van der Waals surface area contributed by atoms with Crippen LogP contribution in [0.4, 0.5) is 0 Å².